The van der Waals surface area contributed by atoms with E-state index in [9.17, 15) is 9.59 Å². The van der Waals surface area contributed by atoms with Crippen molar-refractivity contribution in [1.29, 1.82) is 0 Å². The van der Waals surface area contributed by atoms with E-state index in [0.717, 1.165) is 5.56 Å². The lowest BCUT2D eigenvalue weighted by atomic mass is 10.2. The number of carbonyl (C=O) groups is 1. The predicted octanol–water partition coefficient (Wildman–Crippen LogP) is 3.20. The standard InChI is InChI=1S/C21H23ClN4O5/c1-11(27)23-13-6-7-14(22)12(8-13)10-26(2)21-24-15-9-16(29-3)18(30-4)19(31-5)17(15)20(28)25-21/h6-9H,10H2,1-5H3,(H,23,27)(H,24,25,28). The van der Waals surface area contributed by atoms with Crippen LogP contribution >= 0.6 is 11.6 Å². The van der Waals surface area contributed by atoms with Crippen molar-refractivity contribution in [3.63, 3.8) is 0 Å². The number of amides is 1. The Hall–Kier alpha value is -3.46. The maximum absolute atomic E-state index is 12.9. The van der Waals surface area contributed by atoms with E-state index in [-0.39, 0.29) is 22.6 Å². The number of benzene rings is 2. The van der Waals surface area contributed by atoms with Crippen LogP contribution in [0.4, 0.5) is 11.6 Å². The molecule has 1 heterocycles. The molecule has 0 fully saturated rings. The molecule has 1 aromatic heterocycles. The summed E-state index contributed by atoms with van der Waals surface area (Å²) >= 11 is 6.32. The van der Waals surface area contributed by atoms with E-state index in [1.165, 1.54) is 28.3 Å². The predicted molar refractivity (Wildman–Crippen MR) is 120 cm³/mol. The van der Waals surface area contributed by atoms with E-state index in [4.69, 9.17) is 25.8 Å². The molecule has 9 nitrogen and oxygen atoms in total. The van der Waals surface area contributed by atoms with Gasteiger partial charge in [-0.15, -0.1) is 0 Å². The molecule has 3 aromatic rings. The van der Waals surface area contributed by atoms with Gasteiger partial charge in [0.05, 0.1) is 26.8 Å². The molecule has 0 saturated heterocycles. The zero-order valence-corrected chi connectivity index (χ0v) is 18.6. The number of aromatic amines is 1. The molecule has 0 radical (unpaired) electrons. The molecule has 0 spiro atoms. The van der Waals surface area contributed by atoms with Crippen molar-refractivity contribution in [1.82, 2.24) is 9.97 Å². The molecule has 0 unspecified atom stereocenters. The number of hydrogen-bond donors (Lipinski definition) is 2. The van der Waals surface area contributed by atoms with Crippen molar-refractivity contribution in [2.24, 2.45) is 0 Å². The molecule has 0 saturated carbocycles. The Bertz CT molecular complexity index is 1190. The van der Waals surface area contributed by atoms with Crippen molar-refractivity contribution in [2.75, 3.05) is 38.6 Å². The van der Waals surface area contributed by atoms with Crippen molar-refractivity contribution < 1.29 is 19.0 Å². The van der Waals surface area contributed by atoms with Gasteiger partial charge in [-0.25, -0.2) is 4.98 Å². The summed E-state index contributed by atoms with van der Waals surface area (Å²) in [6.07, 6.45) is 0. The molecule has 0 bridgehead atoms. The molecule has 10 heteroatoms. The minimum absolute atomic E-state index is 0.180. The maximum Gasteiger partial charge on any atom is 0.264 e. The van der Waals surface area contributed by atoms with E-state index in [1.807, 2.05) is 0 Å². The molecular weight excluding hydrogens is 424 g/mol. The quantitative estimate of drug-likeness (QED) is 0.574. The van der Waals surface area contributed by atoms with Gasteiger partial charge >= 0.3 is 0 Å². The summed E-state index contributed by atoms with van der Waals surface area (Å²) in [5.74, 6) is 1.09. The maximum atomic E-state index is 12.9. The topological polar surface area (TPSA) is 106 Å². The second-order valence-electron chi connectivity index (χ2n) is 6.77. The monoisotopic (exact) mass is 446 g/mol. The first-order valence-corrected chi connectivity index (χ1v) is 9.67. The fraction of sp³-hybridized carbons (Fsp3) is 0.286. The van der Waals surface area contributed by atoms with Gasteiger partial charge in [0, 0.05) is 37.3 Å². The number of carbonyl (C=O) groups excluding carboxylic acids is 1. The summed E-state index contributed by atoms with van der Waals surface area (Å²) in [5.41, 5.74) is 1.38. The number of nitrogens with one attached hydrogen (secondary N) is 2. The van der Waals surface area contributed by atoms with Crippen molar-refractivity contribution >= 4 is 40.0 Å². The Morgan fingerprint density at radius 1 is 1.16 bits per heavy atom. The van der Waals surface area contributed by atoms with Gasteiger partial charge in [0.25, 0.3) is 5.56 Å². The van der Waals surface area contributed by atoms with E-state index >= 15 is 0 Å². The zero-order valence-electron chi connectivity index (χ0n) is 17.8. The van der Waals surface area contributed by atoms with Crippen LogP contribution in [0.2, 0.25) is 5.02 Å². The summed E-state index contributed by atoms with van der Waals surface area (Å²) in [5, 5.41) is 3.50. The number of anilines is 2. The van der Waals surface area contributed by atoms with Crippen LogP contribution in [0.15, 0.2) is 29.1 Å². The minimum Gasteiger partial charge on any atom is -0.493 e. The van der Waals surface area contributed by atoms with E-state index in [0.29, 0.717) is 40.2 Å². The van der Waals surface area contributed by atoms with Gasteiger partial charge < -0.3 is 24.4 Å². The fourth-order valence-corrected chi connectivity index (χ4v) is 3.42. The highest BCUT2D eigenvalue weighted by Crippen LogP contribution is 2.41. The van der Waals surface area contributed by atoms with Crippen LogP contribution in [0.3, 0.4) is 0 Å². The molecule has 0 aliphatic carbocycles. The molecule has 31 heavy (non-hydrogen) atoms. The average Bonchev–Trinajstić information content (AvgIpc) is 2.73. The summed E-state index contributed by atoms with van der Waals surface area (Å²) < 4.78 is 16.1. The summed E-state index contributed by atoms with van der Waals surface area (Å²) in [6.45, 7) is 1.77. The van der Waals surface area contributed by atoms with Gasteiger partial charge in [0.15, 0.2) is 11.5 Å². The van der Waals surface area contributed by atoms with Crippen molar-refractivity contribution in [3.8, 4) is 17.2 Å². The number of nitrogens with zero attached hydrogens (tertiary/aromatic N) is 2. The molecule has 1 amide bonds. The highest BCUT2D eigenvalue weighted by atomic mass is 35.5. The SMILES string of the molecule is COc1cc2nc(N(C)Cc3cc(NC(C)=O)ccc3Cl)[nH]c(=O)c2c(OC)c1OC. The normalized spacial score (nSPS) is 10.6. The molecule has 2 aromatic carbocycles. The average molecular weight is 447 g/mol. The Morgan fingerprint density at radius 2 is 1.87 bits per heavy atom. The number of ether oxygens (including phenoxy) is 3. The Morgan fingerprint density at radius 3 is 2.48 bits per heavy atom. The number of rotatable bonds is 7. The van der Waals surface area contributed by atoms with Crippen LogP contribution in [-0.4, -0.2) is 44.3 Å². The number of methoxy groups -OCH3 is 3. The highest BCUT2D eigenvalue weighted by molar-refractivity contribution is 6.31. The first-order chi connectivity index (χ1) is 14.8. The lowest BCUT2D eigenvalue weighted by Crippen LogP contribution is -2.23. The Kier molecular flexibility index (Phi) is 6.55. The van der Waals surface area contributed by atoms with E-state index in [1.54, 1.807) is 36.2 Å². The van der Waals surface area contributed by atoms with Gasteiger partial charge in [-0.05, 0) is 23.8 Å². The number of fused-ring (bicyclic) bond motifs is 1. The van der Waals surface area contributed by atoms with Gasteiger partial charge in [-0.3, -0.25) is 14.6 Å². The van der Waals surface area contributed by atoms with Crippen LogP contribution in [0.1, 0.15) is 12.5 Å². The molecule has 0 aliphatic rings. The van der Waals surface area contributed by atoms with Gasteiger partial charge in [-0.2, -0.15) is 0 Å². The second-order valence-corrected chi connectivity index (χ2v) is 7.18. The molecule has 164 valence electrons. The molecule has 0 aliphatic heterocycles. The van der Waals surface area contributed by atoms with Gasteiger partial charge in [-0.1, -0.05) is 11.6 Å². The van der Waals surface area contributed by atoms with Crippen LogP contribution < -0.4 is 30.0 Å². The molecule has 3 rings (SSSR count). The van der Waals surface area contributed by atoms with Crippen LogP contribution in [0, 0.1) is 0 Å². The number of hydrogen-bond acceptors (Lipinski definition) is 7. The summed E-state index contributed by atoms with van der Waals surface area (Å²) in [6, 6.07) is 6.81. The third-order valence-electron chi connectivity index (χ3n) is 4.62. The van der Waals surface area contributed by atoms with E-state index < -0.39 is 0 Å². The molecule has 0 atom stereocenters. The van der Waals surface area contributed by atoms with Crippen molar-refractivity contribution in [2.45, 2.75) is 13.5 Å². The third-order valence-corrected chi connectivity index (χ3v) is 4.99. The van der Waals surface area contributed by atoms with Crippen molar-refractivity contribution in [3.05, 3.63) is 45.2 Å². The lowest BCUT2D eigenvalue weighted by Gasteiger charge is -2.20. The van der Waals surface area contributed by atoms with E-state index in [2.05, 4.69) is 15.3 Å². The summed E-state index contributed by atoms with van der Waals surface area (Å²) in [7, 11) is 6.17. The van der Waals surface area contributed by atoms with Crippen LogP contribution in [-0.2, 0) is 11.3 Å². The van der Waals surface area contributed by atoms with Crippen LogP contribution in [0.5, 0.6) is 17.2 Å². The fourth-order valence-electron chi connectivity index (χ4n) is 3.25. The molecular formula is C21H23ClN4O5. The van der Waals surface area contributed by atoms with Gasteiger partial charge in [0.2, 0.25) is 17.6 Å². The van der Waals surface area contributed by atoms with Gasteiger partial charge in [0.1, 0.15) is 5.39 Å². The summed E-state index contributed by atoms with van der Waals surface area (Å²) in [4.78, 5) is 33.3. The first kappa shape index (κ1) is 22.2. The third kappa shape index (κ3) is 4.51. The minimum atomic E-state index is -0.386. The lowest BCUT2D eigenvalue weighted by molar-refractivity contribution is -0.114. The number of H-pyrrole nitrogens is 1. The Balaban J connectivity index is 2.04. The number of aromatic nitrogens is 2. The smallest absolute Gasteiger partial charge is 0.264 e. The number of halogens is 1. The highest BCUT2D eigenvalue weighted by Gasteiger charge is 2.21. The van der Waals surface area contributed by atoms with Crippen LogP contribution in [0.25, 0.3) is 10.9 Å². The zero-order chi connectivity index (χ0) is 22.7. The first-order valence-electron chi connectivity index (χ1n) is 9.29. The molecule has 2 N–H and O–H groups in total. The Labute approximate surface area is 183 Å². The largest absolute Gasteiger partial charge is 0.493 e. The second kappa shape index (κ2) is 9.13.